The van der Waals surface area contributed by atoms with E-state index in [-0.39, 0.29) is 18.0 Å². The minimum atomic E-state index is -0.218. The third-order valence-corrected chi connectivity index (χ3v) is 1.19. The molecule has 1 atom stereocenters. The van der Waals surface area contributed by atoms with E-state index >= 15 is 0 Å². The van der Waals surface area contributed by atoms with Crippen LogP contribution >= 0.6 is 0 Å². The smallest absolute Gasteiger partial charge is 0.195 e. The summed E-state index contributed by atoms with van der Waals surface area (Å²) in [5.41, 5.74) is 10.5. The average Bonchev–Trinajstić information content (AvgIpc) is 1.98. The minimum absolute atomic E-state index is 0.0354. The SMILES string of the molecule is CCOCC(C)N=C(N)NC(=N)N. The van der Waals surface area contributed by atoms with E-state index < -0.39 is 0 Å². The van der Waals surface area contributed by atoms with Crippen LogP contribution in [0, 0.1) is 5.41 Å². The van der Waals surface area contributed by atoms with Crippen LogP contribution in [0.3, 0.4) is 0 Å². The molecule has 1 unspecified atom stereocenters. The highest BCUT2D eigenvalue weighted by atomic mass is 16.5. The zero-order valence-electron chi connectivity index (χ0n) is 8.00. The molecule has 0 fully saturated rings. The van der Waals surface area contributed by atoms with Crippen molar-refractivity contribution in [1.29, 1.82) is 5.41 Å². The topological polar surface area (TPSA) is 110 Å². The van der Waals surface area contributed by atoms with Gasteiger partial charge < -0.3 is 16.2 Å². The second-order valence-electron chi connectivity index (χ2n) is 2.56. The van der Waals surface area contributed by atoms with Crippen molar-refractivity contribution < 1.29 is 4.74 Å². The quantitative estimate of drug-likeness (QED) is 0.341. The number of aliphatic imine (C=N–C) groups is 1. The van der Waals surface area contributed by atoms with Crippen molar-refractivity contribution in [3.8, 4) is 0 Å². The summed E-state index contributed by atoms with van der Waals surface area (Å²) in [5.74, 6) is -0.0791. The molecule has 0 heterocycles. The van der Waals surface area contributed by atoms with E-state index in [9.17, 15) is 0 Å². The van der Waals surface area contributed by atoms with Crippen molar-refractivity contribution >= 4 is 11.9 Å². The van der Waals surface area contributed by atoms with E-state index in [1.165, 1.54) is 0 Å². The molecule has 6 N–H and O–H groups in total. The molecule has 6 heteroatoms. The fourth-order valence-corrected chi connectivity index (χ4v) is 0.733. The Hall–Kier alpha value is -1.30. The van der Waals surface area contributed by atoms with Gasteiger partial charge in [-0.05, 0) is 13.8 Å². The van der Waals surface area contributed by atoms with Crippen LogP contribution in [0.1, 0.15) is 13.8 Å². The molecule has 13 heavy (non-hydrogen) atoms. The van der Waals surface area contributed by atoms with Crippen molar-refractivity contribution in [3.63, 3.8) is 0 Å². The Bertz CT molecular complexity index is 191. The summed E-state index contributed by atoms with van der Waals surface area (Å²) in [5, 5.41) is 9.27. The fourth-order valence-electron chi connectivity index (χ4n) is 0.733. The van der Waals surface area contributed by atoms with Crippen molar-refractivity contribution in [2.45, 2.75) is 19.9 Å². The lowest BCUT2D eigenvalue weighted by atomic mass is 10.4. The largest absolute Gasteiger partial charge is 0.380 e. The molecule has 0 bridgehead atoms. The van der Waals surface area contributed by atoms with Crippen molar-refractivity contribution in [1.82, 2.24) is 5.32 Å². The van der Waals surface area contributed by atoms with Crippen LogP contribution in [-0.4, -0.2) is 31.2 Å². The van der Waals surface area contributed by atoms with Gasteiger partial charge in [-0.15, -0.1) is 0 Å². The van der Waals surface area contributed by atoms with Crippen molar-refractivity contribution in [2.75, 3.05) is 13.2 Å². The third kappa shape index (κ3) is 7.07. The molecule has 0 aliphatic heterocycles. The number of nitrogens with one attached hydrogen (secondary N) is 2. The van der Waals surface area contributed by atoms with Gasteiger partial charge in [-0.3, -0.25) is 10.7 Å². The van der Waals surface area contributed by atoms with Crippen LogP contribution in [0.25, 0.3) is 0 Å². The Kier molecular flexibility index (Phi) is 5.62. The lowest BCUT2D eigenvalue weighted by molar-refractivity contribution is 0.137. The second kappa shape index (κ2) is 6.24. The monoisotopic (exact) mass is 187 g/mol. The van der Waals surface area contributed by atoms with Crippen molar-refractivity contribution in [2.24, 2.45) is 16.5 Å². The molecule has 0 saturated heterocycles. The Morgan fingerprint density at radius 3 is 2.69 bits per heavy atom. The van der Waals surface area contributed by atoms with Crippen LogP contribution < -0.4 is 16.8 Å². The van der Waals surface area contributed by atoms with E-state index in [1.54, 1.807) is 0 Å². The summed E-state index contributed by atoms with van der Waals surface area (Å²) in [6, 6.07) is -0.0354. The molecule has 0 amide bonds. The number of hydrogen-bond donors (Lipinski definition) is 4. The van der Waals surface area contributed by atoms with E-state index in [2.05, 4.69) is 10.3 Å². The maximum absolute atomic E-state index is 6.88. The fraction of sp³-hybridized carbons (Fsp3) is 0.714. The van der Waals surface area contributed by atoms with Gasteiger partial charge in [0, 0.05) is 6.61 Å². The van der Waals surface area contributed by atoms with Crippen LogP contribution in [0.4, 0.5) is 0 Å². The molecule has 0 aliphatic rings. The van der Waals surface area contributed by atoms with Crippen LogP contribution in [-0.2, 0) is 4.74 Å². The van der Waals surface area contributed by atoms with Gasteiger partial charge in [0.15, 0.2) is 11.9 Å². The molecule has 0 spiro atoms. The maximum atomic E-state index is 6.88. The van der Waals surface area contributed by atoms with Crippen LogP contribution in [0.5, 0.6) is 0 Å². The molecule has 0 aromatic carbocycles. The van der Waals surface area contributed by atoms with Crippen LogP contribution in [0.2, 0.25) is 0 Å². The standard InChI is InChI=1S/C7H17N5O/c1-3-13-4-5(2)11-7(10)12-6(8)9/h5H,3-4H2,1-2H3,(H6,8,9,10,11,12). The van der Waals surface area contributed by atoms with Gasteiger partial charge in [-0.25, -0.2) is 4.99 Å². The van der Waals surface area contributed by atoms with Gasteiger partial charge in [0.1, 0.15) is 0 Å². The Labute approximate surface area is 77.9 Å². The average molecular weight is 187 g/mol. The highest BCUT2D eigenvalue weighted by Gasteiger charge is 2.00. The predicted octanol–water partition coefficient (Wildman–Crippen LogP) is -0.791. The first kappa shape index (κ1) is 11.7. The van der Waals surface area contributed by atoms with Crippen LogP contribution in [0.15, 0.2) is 4.99 Å². The lowest BCUT2D eigenvalue weighted by Crippen LogP contribution is -2.41. The first-order chi connectivity index (χ1) is 6.06. The van der Waals surface area contributed by atoms with E-state index in [0.717, 1.165) is 0 Å². The number of guanidine groups is 2. The molecule has 0 aromatic rings. The molecule has 76 valence electrons. The van der Waals surface area contributed by atoms with E-state index in [0.29, 0.717) is 13.2 Å². The lowest BCUT2D eigenvalue weighted by Gasteiger charge is -2.08. The molecular weight excluding hydrogens is 170 g/mol. The number of nitrogens with zero attached hydrogens (tertiary/aromatic N) is 1. The zero-order chi connectivity index (χ0) is 10.3. The maximum Gasteiger partial charge on any atom is 0.195 e. The first-order valence-corrected chi connectivity index (χ1v) is 4.08. The molecular formula is C7H17N5O. The van der Waals surface area contributed by atoms with Gasteiger partial charge in [-0.2, -0.15) is 0 Å². The molecule has 0 aromatic heterocycles. The van der Waals surface area contributed by atoms with Gasteiger partial charge in [0.05, 0.1) is 12.6 Å². The zero-order valence-corrected chi connectivity index (χ0v) is 8.00. The number of nitrogens with two attached hydrogens (primary N) is 2. The number of rotatable bonds is 4. The molecule has 0 aliphatic carbocycles. The van der Waals surface area contributed by atoms with Gasteiger partial charge in [0.2, 0.25) is 0 Å². The number of hydrogen-bond acceptors (Lipinski definition) is 3. The molecule has 6 nitrogen and oxygen atoms in total. The summed E-state index contributed by atoms with van der Waals surface area (Å²) in [6.45, 7) is 4.94. The summed E-state index contributed by atoms with van der Waals surface area (Å²) >= 11 is 0. The summed E-state index contributed by atoms with van der Waals surface area (Å²) in [6.07, 6.45) is 0. The number of ether oxygens (including phenoxy) is 1. The first-order valence-electron chi connectivity index (χ1n) is 4.08. The molecule has 0 radical (unpaired) electrons. The Morgan fingerprint density at radius 2 is 2.23 bits per heavy atom. The molecule has 0 saturated carbocycles. The highest BCUT2D eigenvalue weighted by molar-refractivity contribution is 5.95. The van der Waals surface area contributed by atoms with Gasteiger partial charge in [0.25, 0.3) is 0 Å². The van der Waals surface area contributed by atoms with Gasteiger partial charge >= 0.3 is 0 Å². The second-order valence-corrected chi connectivity index (χ2v) is 2.56. The summed E-state index contributed by atoms with van der Waals surface area (Å²) < 4.78 is 5.13. The van der Waals surface area contributed by atoms with Crippen molar-refractivity contribution in [3.05, 3.63) is 0 Å². The van der Waals surface area contributed by atoms with Gasteiger partial charge in [-0.1, -0.05) is 0 Å². The third-order valence-electron chi connectivity index (χ3n) is 1.19. The normalized spacial score (nSPS) is 13.8. The Morgan fingerprint density at radius 1 is 1.62 bits per heavy atom. The highest BCUT2D eigenvalue weighted by Crippen LogP contribution is 1.89. The summed E-state index contributed by atoms with van der Waals surface area (Å²) in [7, 11) is 0. The molecule has 0 rings (SSSR count). The predicted molar refractivity (Wildman–Crippen MR) is 52.6 cm³/mol. The van der Waals surface area contributed by atoms with E-state index in [4.69, 9.17) is 21.6 Å². The Balaban J connectivity index is 3.83. The minimum Gasteiger partial charge on any atom is -0.380 e. The summed E-state index contributed by atoms with van der Waals surface area (Å²) in [4.78, 5) is 3.99. The van der Waals surface area contributed by atoms with E-state index in [1.807, 2.05) is 13.8 Å².